The van der Waals surface area contributed by atoms with Crippen LogP contribution in [0.15, 0.2) is 59.1 Å². The van der Waals surface area contributed by atoms with Gasteiger partial charge in [0, 0.05) is 23.2 Å². The quantitative estimate of drug-likeness (QED) is 0.411. The maximum Gasteiger partial charge on any atom is 0.229 e. The number of piperidine rings is 1. The average Bonchev–Trinajstić information content (AvgIpc) is 3.35. The molecule has 0 aliphatic carbocycles. The van der Waals surface area contributed by atoms with Crippen LogP contribution in [-0.2, 0) is 4.79 Å². The standard InChI is InChI=1S/C23H22BrN5OS/c1-15-20-21(29(27-15)19-10-3-2-4-11-19)26-23(31-20)28-12-6-7-16(14-28)22(30)25-18-9-5-8-17(24)13-18/h2-5,8-11,13,16H,6-7,12,14H2,1H3,(H,25,30). The molecule has 1 fully saturated rings. The molecule has 3 heterocycles. The number of para-hydroxylation sites is 1. The first-order chi connectivity index (χ1) is 15.1. The van der Waals surface area contributed by atoms with Crippen molar-refractivity contribution < 1.29 is 4.79 Å². The summed E-state index contributed by atoms with van der Waals surface area (Å²) in [5.41, 5.74) is 3.67. The zero-order valence-electron chi connectivity index (χ0n) is 17.1. The lowest BCUT2D eigenvalue weighted by Crippen LogP contribution is -2.40. The lowest BCUT2D eigenvalue weighted by atomic mass is 9.97. The third kappa shape index (κ3) is 4.09. The Morgan fingerprint density at radius 3 is 2.84 bits per heavy atom. The molecule has 8 heteroatoms. The van der Waals surface area contributed by atoms with Gasteiger partial charge < -0.3 is 10.2 Å². The molecule has 0 radical (unpaired) electrons. The molecule has 1 N–H and O–H groups in total. The van der Waals surface area contributed by atoms with Crippen molar-refractivity contribution in [3.8, 4) is 5.69 Å². The zero-order chi connectivity index (χ0) is 21.4. The summed E-state index contributed by atoms with van der Waals surface area (Å²) >= 11 is 5.12. The van der Waals surface area contributed by atoms with Crippen LogP contribution in [-0.4, -0.2) is 33.8 Å². The number of nitrogens with zero attached hydrogens (tertiary/aromatic N) is 4. The van der Waals surface area contributed by atoms with Crippen molar-refractivity contribution in [3.63, 3.8) is 0 Å². The highest BCUT2D eigenvalue weighted by molar-refractivity contribution is 9.10. The van der Waals surface area contributed by atoms with Gasteiger partial charge in [-0.05, 0) is 50.1 Å². The number of carbonyl (C=O) groups is 1. The summed E-state index contributed by atoms with van der Waals surface area (Å²) in [6, 6.07) is 17.8. The lowest BCUT2D eigenvalue weighted by Gasteiger charge is -2.31. The lowest BCUT2D eigenvalue weighted by molar-refractivity contribution is -0.120. The number of fused-ring (bicyclic) bond motifs is 1. The third-order valence-electron chi connectivity index (χ3n) is 5.53. The fourth-order valence-electron chi connectivity index (χ4n) is 3.98. The van der Waals surface area contributed by atoms with E-state index in [1.54, 1.807) is 11.3 Å². The van der Waals surface area contributed by atoms with Gasteiger partial charge in [-0.15, -0.1) is 0 Å². The van der Waals surface area contributed by atoms with Crippen molar-refractivity contribution in [3.05, 3.63) is 64.8 Å². The summed E-state index contributed by atoms with van der Waals surface area (Å²) in [5.74, 6) is 0.00187. The molecular formula is C23H22BrN5OS. The number of halogens is 1. The minimum absolute atomic E-state index is 0.0635. The number of hydrogen-bond donors (Lipinski definition) is 1. The number of aromatic nitrogens is 3. The molecule has 31 heavy (non-hydrogen) atoms. The highest BCUT2D eigenvalue weighted by Gasteiger charge is 2.28. The first-order valence-corrected chi connectivity index (χ1v) is 11.9. The molecule has 0 bridgehead atoms. The largest absolute Gasteiger partial charge is 0.347 e. The SMILES string of the molecule is Cc1nn(-c2ccccc2)c2nc(N3CCCC(C(=O)Nc4cccc(Br)c4)C3)sc12. The van der Waals surface area contributed by atoms with Gasteiger partial charge in [-0.1, -0.05) is 51.5 Å². The van der Waals surface area contributed by atoms with Crippen LogP contribution in [0.4, 0.5) is 10.8 Å². The normalized spacial score (nSPS) is 16.6. The fourth-order valence-corrected chi connectivity index (χ4v) is 5.40. The van der Waals surface area contributed by atoms with E-state index in [1.165, 1.54) is 0 Å². The number of anilines is 2. The summed E-state index contributed by atoms with van der Waals surface area (Å²) in [6.07, 6.45) is 1.86. The van der Waals surface area contributed by atoms with Crippen molar-refractivity contribution in [2.45, 2.75) is 19.8 Å². The molecule has 1 aliphatic heterocycles. The van der Waals surface area contributed by atoms with E-state index in [4.69, 9.17) is 4.98 Å². The van der Waals surface area contributed by atoms with Gasteiger partial charge in [-0.2, -0.15) is 10.1 Å². The van der Waals surface area contributed by atoms with Crippen LogP contribution in [0.2, 0.25) is 0 Å². The molecule has 2 aromatic heterocycles. The second kappa shape index (κ2) is 8.43. The fraction of sp³-hybridized carbons (Fsp3) is 0.261. The van der Waals surface area contributed by atoms with Gasteiger partial charge in [0.2, 0.25) is 5.91 Å². The smallest absolute Gasteiger partial charge is 0.229 e. The Kier molecular flexibility index (Phi) is 5.50. The van der Waals surface area contributed by atoms with Gasteiger partial charge in [-0.25, -0.2) is 4.68 Å². The molecule has 1 aliphatic rings. The summed E-state index contributed by atoms with van der Waals surface area (Å²) in [6.45, 7) is 3.61. The van der Waals surface area contributed by atoms with Gasteiger partial charge in [0.15, 0.2) is 10.8 Å². The predicted molar refractivity (Wildman–Crippen MR) is 129 cm³/mol. The maximum atomic E-state index is 12.9. The Morgan fingerprint density at radius 2 is 2.03 bits per heavy atom. The molecule has 158 valence electrons. The van der Waals surface area contributed by atoms with Crippen LogP contribution >= 0.6 is 27.3 Å². The Labute approximate surface area is 193 Å². The van der Waals surface area contributed by atoms with Crippen LogP contribution in [0.5, 0.6) is 0 Å². The first kappa shape index (κ1) is 20.2. The monoisotopic (exact) mass is 495 g/mol. The van der Waals surface area contributed by atoms with Crippen molar-refractivity contribution >= 4 is 54.3 Å². The molecule has 1 atom stereocenters. The third-order valence-corrected chi connectivity index (χ3v) is 7.24. The minimum atomic E-state index is -0.0635. The molecule has 4 aromatic rings. The highest BCUT2D eigenvalue weighted by atomic mass is 79.9. The minimum Gasteiger partial charge on any atom is -0.347 e. The van der Waals surface area contributed by atoms with E-state index in [0.29, 0.717) is 6.54 Å². The second-order valence-electron chi connectivity index (χ2n) is 7.77. The first-order valence-electron chi connectivity index (χ1n) is 10.3. The van der Waals surface area contributed by atoms with Gasteiger partial charge in [0.1, 0.15) is 0 Å². The van der Waals surface area contributed by atoms with E-state index < -0.39 is 0 Å². The van der Waals surface area contributed by atoms with Gasteiger partial charge >= 0.3 is 0 Å². The Balaban J connectivity index is 1.37. The number of thiazole rings is 1. The molecule has 1 amide bonds. The van der Waals surface area contributed by atoms with Gasteiger partial charge in [0.25, 0.3) is 0 Å². The van der Waals surface area contributed by atoms with Crippen LogP contribution in [0.1, 0.15) is 18.5 Å². The van der Waals surface area contributed by atoms with E-state index in [1.807, 2.05) is 66.2 Å². The van der Waals surface area contributed by atoms with Crippen LogP contribution in [0.25, 0.3) is 16.0 Å². The van der Waals surface area contributed by atoms with E-state index >= 15 is 0 Å². The van der Waals surface area contributed by atoms with E-state index in [9.17, 15) is 4.79 Å². The molecule has 0 spiro atoms. The average molecular weight is 496 g/mol. The number of amides is 1. The van der Waals surface area contributed by atoms with Gasteiger partial charge in [-0.3, -0.25) is 4.79 Å². The Hall–Kier alpha value is -2.71. The molecule has 6 nitrogen and oxygen atoms in total. The predicted octanol–water partition coefficient (Wildman–Crippen LogP) is 5.41. The van der Waals surface area contributed by atoms with E-state index in [2.05, 4.69) is 31.2 Å². The summed E-state index contributed by atoms with van der Waals surface area (Å²) in [5, 5.41) is 8.70. The summed E-state index contributed by atoms with van der Waals surface area (Å²) in [7, 11) is 0. The summed E-state index contributed by atoms with van der Waals surface area (Å²) < 4.78 is 3.96. The Bertz CT molecular complexity index is 1240. The van der Waals surface area contributed by atoms with E-state index in [-0.39, 0.29) is 11.8 Å². The second-order valence-corrected chi connectivity index (χ2v) is 9.66. The molecule has 1 saturated heterocycles. The molecular weight excluding hydrogens is 474 g/mol. The molecule has 1 unspecified atom stereocenters. The number of carbonyl (C=O) groups excluding carboxylic acids is 1. The Morgan fingerprint density at radius 1 is 1.19 bits per heavy atom. The van der Waals surface area contributed by atoms with Crippen LogP contribution in [0.3, 0.4) is 0 Å². The van der Waals surface area contributed by atoms with E-state index in [0.717, 1.165) is 56.4 Å². The number of hydrogen-bond acceptors (Lipinski definition) is 5. The maximum absolute atomic E-state index is 12.9. The summed E-state index contributed by atoms with van der Waals surface area (Å²) in [4.78, 5) is 20.1. The zero-order valence-corrected chi connectivity index (χ0v) is 19.5. The van der Waals surface area contributed by atoms with Crippen LogP contribution in [0, 0.1) is 12.8 Å². The van der Waals surface area contributed by atoms with Crippen molar-refractivity contribution in [2.24, 2.45) is 5.92 Å². The highest BCUT2D eigenvalue weighted by Crippen LogP contribution is 2.34. The molecule has 5 rings (SSSR count). The van der Waals surface area contributed by atoms with Crippen molar-refractivity contribution in [1.29, 1.82) is 0 Å². The number of nitrogens with one attached hydrogen (secondary N) is 1. The number of benzene rings is 2. The number of rotatable bonds is 4. The topological polar surface area (TPSA) is 63.1 Å². The van der Waals surface area contributed by atoms with Crippen LogP contribution < -0.4 is 10.2 Å². The van der Waals surface area contributed by atoms with Crippen molar-refractivity contribution in [1.82, 2.24) is 14.8 Å². The number of aryl methyl sites for hydroxylation is 1. The van der Waals surface area contributed by atoms with Gasteiger partial charge in [0.05, 0.1) is 22.0 Å². The van der Waals surface area contributed by atoms with Crippen molar-refractivity contribution in [2.75, 3.05) is 23.3 Å². The molecule has 2 aromatic carbocycles. The molecule has 0 saturated carbocycles.